The van der Waals surface area contributed by atoms with Gasteiger partial charge in [0.05, 0.1) is 33.9 Å². The van der Waals surface area contributed by atoms with Gasteiger partial charge in [0.2, 0.25) is 5.91 Å². The van der Waals surface area contributed by atoms with Gasteiger partial charge in [0.15, 0.2) is 4.80 Å². The molecule has 1 aromatic carbocycles. The summed E-state index contributed by atoms with van der Waals surface area (Å²) in [7, 11) is 0. The minimum atomic E-state index is -0.377. The number of hydrogen-bond acceptors (Lipinski definition) is 6. The van der Waals surface area contributed by atoms with E-state index < -0.39 is 0 Å². The van der Waals surface area contributed by atoms with Gasteiger partial charge in [-0.3, -0.25) is 9.59 Å². The van der Waals surface area contributed by atoms with Crippen molar-refractivity contribution in [1.29, 1.82) is 0 Å². The van der Waals surface area contributed by atoms with Crippen LogP contribution in [-0.2, 0) is 20.9 Å². The summed E-state index contributed by atoms with van der Waals surface area (Å²) >= 11 is 2.64. The molecule has 31 heavy (non-hydrogen) atoms. The van der Waals surface area contributed by atoms with Crippen LogP contribution in [0.1, 0.15) is 36.5 Å². The predicted molar refractivity (Wildman–Crippen MR) is 124 cm³/mol. The Balaban J connectivity index is 1.72. The van der Waals surface area contributed by atoms with Crippen LogP contribution in [0.25, 0.3) is 10.2 Å². The number of nitrogens with zero attached hydrogens (tertiary/aromatic N) is 3. The zero-order chi connectivity index (χ0) is 22.2. The molecule has 166 valence electrons. The van der Waals surface area contributed by atoms with Crippen molar-refractivity contribution in [2.24, 2.45) is 4.99 Å². The van der Waals surface area contributed by atoms with Gasteiger partial charge in [0.25, 0.3) is 5.91 Å². The third-order valence-electron chi connectivity index (χ3n) is 4.89. The average molecular weight is 462 g/mol. The molecule has 7 nitrogen and oxygen atoms in total. The molecule has 2 aromatic rings. The number of likely N-dealkylation sites (tertiary alicyclic amines) is 1. The van der Waals surface area contributed by atoms with E-state index in [2.05, 4.69) is 11.6 Å². The van der Waals surface area contributed by atoms with E-state index >= 15 is 0 Å². The fraction of sp³-hybridized carbons (Fsp3) is 0.455. The summed E-state index contributed by atoms with van der Waals surface area (Å²) in [6.07, 6.45) is 5.02. The van der Waals surface area contributed by atoms with Crippen molar-refractivity contribution in [3.63, 3.8) is 0 Å². The van der Waals surface area contributed by atoms with Gasteiger partial charge in [0, 0.05) is 19.6 Å². The molecule has 1 fully saturated rings. The number of carbonyl (C=O) groups is 3. The number of benzene rings is 1. The molecule has 2 amide bonds. The Morgan fingerprint density at radius 1 is 1.23 bits per heavy atom. The quantitative estimate of drug-likeness (QED) is 0.445. The lowest BCUT2D eigenvalue weighted by atomic mass is 10.1. The van der Waals surface area contributed by atoms with Crippen molar-refractivity contribution in [3.8, 4) is 0 Å². The highest BCUT2D eigenvalue weighted by Gasteiger charge is 2.17. The van der Waals surface area contributed by atoms with Gasteiger partial charge in [-0.05, 0) is 44.4 Å². The monoisotopic (exact) mass is 461 g/mol. The molecule has 1 aliphatic rings. The molecule has 1 aliphatic heterocycles. The first kappa shape index (κ1) is 23.3. The highest BCUT2D eigenvalue weighted by atomic mass is 32.2. The minimum absolute atomic E-state index is 0.0904. The highest BCUT2D eigenvalue weighted by molar-refractivity contribution is 8.00. The summed E-state index contributed by atoms with van der Waals surface area (Å²) in [6.45, 7) is 7.98. The van der Waals surface area contributed by atoms with E-state index in [0.29, 0.717) is 29.3 Å². The lowest BCUT2D eigenvalue weighted by molar-refractivity contribution is -0.129. The number of carbonyl (C=O) groups excluding carboxylic acids is 3. The maximum Gasteiger partial charge on any atom is 0.338 e. The number of rotatable bonds is 8. The van der Waals surface area contributed by atoms with Crippen LogP contribution in [0.3, 0.4) is 0 Å². The van der Waals surface area contributed by atoms with Gasteiger partial charge >= 0.3 is 5.97 Å². The van der Waals surface area contributed by atoms with Crippen LogP contribution in [0.5, 0.6) is 0 Å². The first-order valence-electron chi connectivity index (χ1n) is 10.4. The number of piperidine rings is 1. The van der Waals surface area contributed by atoms with E-state index in [9.17, 15) is 14.4 Å². The lowest BCUT2D eigenvalue weighted by Crippen LogP contribution is -2.36. The summed E-state index contributed by atoms with van der Waals surface area (Å²) < 4.78 is 7.80. The van der Waals surface area contributed by atoms with Crippen molar-refractivity contribution in [2.45, 2.75) is 32.7 Å². The zero-order valence-electron chi connectivity index (χ0n) is 17.7. The Kier molecular flexibility index (Phi) is 8.48. The van der Waals surface area contributed by atoms with Crippen molar-refractivity contribution in [2.75, 3.05) is 31.2 Å². The number of hydrogen-bond donors (Lipinski definition) is 0. The number of ether oxygens (including phenoxy) is 1. The smallest absolute Gasteiger partial charge is 0.338 e. The molecular formula is C22H27N3O4S2. The molecule has 0 bridgehead atoms. The number of thiazole rings is 1. The van der Waals surface area contributed by atoms with Crippen molar-refractivity contribution < 1.29 is 19.1 Å². The van der Waals surface area contributed by atoms with Crippen LogP contribution in [0, 0.1) is 0 Å². The lowest BCUT2D eigenvalue weighted by Gasteiger charge is -2.26. The third-order valence-corrected chi connectivity index (χ3v) is 6.83. The van der Waals surface area contributed by atoms with E-state index in [0.717, 1.165) is 36.1 Å². The topological polar surface area (TPSA) is 81.0 Å². The van der Waals surface area contributed by atoms with Crippen LogP contribution in [0.15, 0.2) is 35.8 Å². The van der Waals surface area contributed by atoms with Crippen LogP contribution >= 0.6 is 23.1 Å². The molecule has 1 aromatic heterocycles. The molecule has 0 unspecified atom stereocenters. The van der Waals surface area contributed by atoms with E-state index in [1.807, 2.05) is 15.5 Å². The van der Waals surface area contributed by atoms with Gasteiger partial charge in [0.1, 0.15) is 0 Å². The minimum Gasteiger partial charge on any atom is -0.462 e. The molecule has 3 rings (SSSR count). The second kappa shape index (κ2) is 11.3. The van der Waals surface area contributed by atoms with Gasteiger partial charge in [-0.1, -0.05) is 17.4 Å². The van der Waals surface area contributed by atoms with Crippen LogP contribution in [-0.4, -0.2) is 58.5 Å². The molecule has 0 saturated carbocycles. The molecule has 0 aliphatic carbocycles. The van der Waals surface area contributed by atoms with Crippen LogP contribution < -0.4 is 4.80 Å². The first-order chi connectivity index (χ1) is 15.0. The Bertz CT molecular complexity index is 1040. The Hall–Kier alpha value is -2.39. The van der Waals surface area contributed by atoms with Gasteiger partial charge in [-0.25, -0.2) is 4.79 Å². The number of allylic oxidation sites excluding steroid dienone is 1. The van der Waals surface area contributed by atoms with Crippen molar-refractivity contribution in [3.05, 3.63) is 41.2 Å². The van der Waals surface area contributed by atoms with Gasteiger partial charge < -0.3 is 14.2 Å². The zero-order valence-corrected chi connectivity index (χ0v) is 19.3. The first-order valence-corrected chi connectivity index (χ1v) is 12.3. The van der Waals surface area contributed by atoms with E-state index in [1.165, 1.54) is 29.5 Å². The fourth-order valence-corrected chi connectivity index (χ4v) is 5.20. The molecule has 0 spiro atoms. The largest absolute Gasteiger partial charge is 0.462 e. The second-order valence-corrected chi connectivity index (χ2v) is 9.12. The number of aromatic nitrogens is 1. The maximum atomic E-state index is 12.4. The normalized spacial score (nSPS) is 14.6. The summed E-state index contributed by atoms with van der Waals surface area (Å²) in [5.41, 5.74) is 1.34. The Morgan fingerprint density at radius 3 is 2.71 bits per heavy atom. The molecular weight excluding hydrogens is 434 g/mol. The summed E-state index contributed by atoms with van der Waals surface area (Å²) in [5, 5.41) is 0. The SMILES string of the molecule is C=CCn1c(=NC(=O)CSCC(=O)N2CCCCC2)sc2cc(C(=O)OCC)ccc21. The van der Waals surface area contributed by atoms with E-state index in [1.54, 1.807) is 25.1 Å². The molecule has 1 saturated heterocycles. The van der Waals surface area contributed by atoms with Crippen molar-refractivity contribution in [1.82, 2.24) is 9.47 Å². The molecule has 2 heterocycles. The maximum absolute atomic E-state index is 12.4. The summed E-state index contributed by atoms with van der Waals surface area (Å²) in [5.74, 6) is -0.129. The number of fused-ring (bicyclic) bond motifs is 1. The third kappa shape index (κ3) is 6.07. The fourth-order valence-electron chi connectivity index (χ4n) is 3.40. The van der Waals surface area contributed by atoms with E-state index in [4.69, 9.17) is 4.74 Å². The van der Waals surface area contributed by atoms with Gasteiger partial charge in [-0.2, -0.15) is 4.99 Å². The van der Waals surface area contributed by atoms with E-state index in [-0.39, 0.29) is 23.5 Å². The van der Waals surface area contributed by atoms with Crippen LogP contribution in [0.2, 0.25) is 0 Å². The summed E-state index contributed by atoms with van der Waals surface area (Å²) in [4.78, 5) is 43.4. The standard InChI is InChI=1S/C22H27N3O4S2/c1-3-10-25-17-9-8-16(21(28)29-4-2)13-18(17)31-22(25)23-19(26)14-30-15-20(27)24-11-6-5-7-12-24/h3,8-9,13H,1,4-7,10-12,14-15H2,2H3. The Morgan fingerprint density at radius 2 is 2.00 bits per heavy atom. The van der Waals surface area contributed by atoms with Gasteiger partial charge in [-0.15, -0.1) is 18.3 Å². The number of amides is 2. The number of thioether (sulfide) groups is 1. The summed E-state index contributed by atoms with van der Waals surface area (Å²) in [6, 6.07) is 5.30. The van der Waals surface area contributed by atoms with Crippen molar-refractivity contribution >= 4 is 51.1 Å². The molecule has 0 radical (unpaired) electrons. The predicted octanol–water partition coefficient (Wildman–Crippen LogP) is 3.24. The number of esters is 1. The molecule has 0 N–H and O–H groups in total. The second-order valence-electron chi connectivity index (χ2n) is 7.13. The Labute approximate surface area is 189 Å². The van der Waals surface area contributed by atoms with Crippen LogP contribution in [0.4, 0.5) is 0 Å². The molecule has 0 atom stereocenters. The molecule has 9 heteroatoms. The highest BCUT2D eigenvalue weighted by Crippen LogP contribution is 2.20. The average Bonchev–Trinajstić information content (AvgIpc) is 3.10.